The lowest BCUT2D eigenvalue weighted by Crippen LogP contribution is -2.11. The summed E-state index contributed by atoms with van der Waals surface area (Å²) in [4.78, 5) is 18.2. The van der Waals surface area contributed by atoms with Gasteiger partial charge in [-0.25, -0.2) is 0 Å². The topological polar surface area (TPSA) is 107 Å². The molecule has 6 nitrogen and oxygen atoms in total. The molecule has 0 unspecified atom stereocenters. The highest BCUT2D eigenvalue weighted by molar-refractivity contribution is 6.32. The standard InChI is InChI=1S/C13H15ClN4O2/c1-7(19)2-9(16)6-20-13-11(14)4-8-3-10(5-15)17-12(8)18-13/h2-4H,5-6,15-16H2,1H3,(H,17,18)/b9-2-. The van der Waals surface area contributed by atoms with E-state index in [9.17, 15) is 4.79 Å². The Hall–Kier alpha value is -2.05. The summed E-state index contributed by atoms with van der Waals surface area (Å²) in [5.74, 6) is 0.113. The molecule has 0 aromatic carbocycles. The van der Waals surface area contributed by atoms with Crippen LogP contribution in [0.15, 0.2) is 23.9 Å². The Balaban J connectivity index is 2.21. The van der Waals surface area contributed by atoms with Gasteiger partial charge < -0.3 is 21.2 Å². The molecular formula is C13H15ClN4O2. The number of nitrogens with zero attached hydrogens (tertiary/aromatic N) is 1. The summed E-state index contributed by atoms with van der Waals surface area (Å²) in [5.41, 5.74) is 13.0. The number of carbonyl (C=O) groups excluding carboxylic acids is 1. The number of ether oxygens (including phenoxy) is 1. The number of nitrogens with two attached hydrogens (primary N) is 2. The summed E-state index contributed by atoms with van der Waals surface area (Å²) in [6, 6.07) is 3.61. The number of aromatic nitrogens is 2. The van der Waals surface area contributed by atoms with Gasteiger partial charge >= 0.3 is 0 Å². The zero-order valence-corrected chi connectivity index (χ0v) is 11.7. The molecule has 2 aromatic heterocycles. The maximum atomic E-state index is 10.9. The smallest absolute Gasteiger partial charge is 0.234 e. The molecule has 2 rings (SSSR count). The molecule has 0 saturated heterocycles. The van der Waals surface area contributed by atoms with Gasteiger partial charge in [-0.15, -0.1) is 0 Å². The van der Waals surface area contributed by atoms with Gasteiger partial charge in [0.05, 0.1) is 0 Å². The number of H-pyrrole nitrogens is 1. The van der Waals surface area contributed by atoms with Gasteiger partial charge in [-0.1, -0.05) is 11.6 Å². The summed E-state index contributed by atoms with van der Waals surface area (Å²) in [7, 11) is 0. The fourth-order valence-electron chi connectivity index (χ4n) is 1.74. The Morgan fingerprint density at radius 2 is 2.30 bits per heavy atom. The van der Waals surface area contributed by atoms with Crippen LogP contribution in [-0.4, -0.2) is 22.4 Å². The molecule has 0 atom stereocenters. The number of pyridine rings is 1. The normalized spacial score (nSPS) is 11.8. The lowest BCUT2D eigenvalue weighted by atomic mass is 10.3. The quantitative estimate of drug-likeness (QED) is 0.724. The molecule has 106 valence electrons. The Kier molecular flexibility index (Phi) is 4.26. The van der Waals surface area contributed by atoms with E-state index < -0.39 is 0 Å². The third-order valence-electron chi connectivity index (χ3n) is 2.57. The largest absolute Gasteiger partial charge is 0.470 e. The number of fused-ring (bicyclic) bond motifs is 1. The third-order valence-corrected chi connectivity index (χ3v) is 2.84. The maximum Gasteiger partial charge on any atom is 0.234 e. The minimum Gasteiger partial charge on any atom is -0.470 e. The van der Waals surface area contributed by atoms with Crippen LogP contribution in [0.4, 0.5) is 0 Å². The maximum absolute atomic E-state index is 10.9. The summed E-state index contributed by atoms with van der Waals surface area (Å²) in [5, 5.41) is 1.23. The molecule has 0 aliphatic rings. The van der Waals surface area contributed by atoms with Crippen LogP contribution >= 0.6 is 11.6 Å². The zero-order valence-electron chi connectivity index (χ0n) is 10.9. The van der Waals surface area contributed by atoms with Crippen molar-refractivity contribution in [2.24, 2.45) is 11.5 Å². The van der Waals surface area contributed by atoms with Gasteiger partial charge in [0.2, 0.25) is 5.88 Å². The van der Waals surface area contributed by atoms with Crippen molar-refractivity contribution in [2.45, 2.75) is 13.5 Å². The highest BCUT2D eigenvalue weighted by atomic mass is 35.5. The van der Waals surface area contributed by atoms with E-state index in [-0.39, 0.29) is 18.3 Å². The second kappa shape index (κ2) is 5.94. The molecule has 0 saturated carbocycles. The number of nitrogens with one attached hydrogen (secondary N) is 1. The zero-order chi connectivity index (χ0) is 14.7. The lowest BCUT2D eigenvalue weighted by molar-refractivity contribution is -0.112. The molecule has 2 heterocycles. The van der Waals surface area contributed by atoms with Crippen LogP contribution < -0.4 is 16.2 Å². The number of aromatic amines is 1. The molecule has 0 spiro atoms. The average Bonchev–Trinajstić information content (AvgIpc) is 2.77. The van der Waals surface area contributed by atoms with Crippen LogP contribution in [-0.2, 0) is 11.3 Å². The second-order valence-electron chi connectivity index (χ2n) is 4.33. The Labute approximate surface area is 120 Å². The number of rotatable bonds is 5. The van der Waals surface area contributed by atoms with Gasteiger partial charge in [-0.3, -0.25) is 4.79 Å². The first-order chi connectivity index (χ1) is 9.49. The van der Waals surface area contributed by atoms with Crippen LogP contribution in [0.3, 0.4) is 0 Å². The Morgan fingerprint density at radius 1 is 1.55 bits per heavy atom. The van der Waals surface area contributed by atoms with Crippen molar-refractivity contribution in [3.05, 3.63) is 34.6 Å². The van der Waals surface area contributed by atoms with E-state index in [0.717, 1.165) is 11.1 Å². The Morgan fingerprint density at radius 3 is 2.95 bits per heavy atom. The molecule has 0 bridgehead atoms. The van der Waals surface area contributed by atoms with Crippen LogP contribution in [0.1, 0.15) is 12.6 Å². The molecule has 0 aliphatic heterocycles. The number of carbonyl (C=O) groups is 1. The number of hydrogen-bond acceptors (Lipinski definition) is 5. The van der Waals surface area contributed by atoms with Crippen LogP contribution in [0.5, 0.6) is 5.88 Å². The summed E-state index contributed by atoms with van der Waals surface area (Å²) in [6.45, 7) is 1.85. The highest BCUT2D eigenvalue weighted by Crippen LogP contribution is 2.27. The number of hydrogen-bond donors (Lipinski definition) is 3. The average molecular weight is 295 g/mol. The summed E-state index contributed by atoms with van der Waals surface area (Å²) >= 11 is 6.09. The van der Waals surface area contributed by atoms with Crippen molar-refractivity contribution in [3.63, 3.8) is 0 Å². The van der Waals surface area contributed by atoms with Crippen molar-refractivity contribution >= 4 is 28.4 Å². The molecule has 0 fully saturated rings. The van der Waals surface area contributed by atoms with E-state index in [1.165, 1.54) is 13.0 Å². The van der Waals surface area contributed by atoms with Crippen molar-refractivity contribution in [3.8, 4) is 5.88 Å². The third kappa shape index (κ3) is 3.28. The number of halogens is 1. The van der Waals surface area contributed by atoms with Crippen molar-refractivity contribution in [1.82, 2.24) is 9.97 Å². The van der Waals surface area contributed by atoms with Crippen LogP contribution in [0, 0.1) is 0 Å². The van der Waals surface area contributed by atoms with E-state index >= 15 is 0 Å². The van der Waals surface area contributed by atoms with E-state index in [1.54, 1.807) is 6.07 Å². The molecule has 5 N–H and O–H groups in total. The predicted octanol–water partition coefficient (Wildman–Crippen LogP) is 1.49. The summed E-state index contributed by atoms with van der Waals surface area (Å²) < 4.78 is 5.41. The van der Waals surface area contributed by atoms with E-state index in [4.69, 9.17) is 27.8 Å². The fourth-order valence-corrected chi connectivity index (χ4v) is 1.95. The van der Waals surface area contributed by atoms with Gasteiger partial charge in [-0.2, -0.15) is 4.98 Å². The first-order valence-corrected chi connectivity index (χ1v) is 6.35. The van der Waals surface area contributed by atoms with Gasteiger partial charge in [0.15, 0.2) is 5.78 Å². The van der Waals surface area contributed by atoms with Gasteiger partial charge in [0, 0.05) is 29.4 Å². The van der Waals surface area contributed by atoms with Crippen molar-refractivity contribution in [1.29, 1.82) is 0 Å². The fraction of sp³-hybridized carbons (Fsp3) is 0.231. The van der Waals surface area contributed by atoms with Gasteiger partial charge in [0.1, 0.15) is 17.3 Å². The molecule has 2 aromatic rings. The Bertz CT molecular complexity index is 678. The first-order valence-electron chi connectivity index (χ1n) is 5.97. The first kappa shape index (κ1) is 14.4. The van der Waals surface area contributed by atoms with E-state index in [2.05, 4.69) is 9.97 Å². The number of ketones is 1. The molecule has 0 radical (unpaired) electrons. The molecular weight excluding hydrogens is 280 g/mol. The SMILES string of the molecule is CC(=O)/C=C(\N)COc1nc2[nH]c(CN)cc2cc1Cl. The minimum absolute atomic E-state index is 0.0439. The van der Waals surface area contributed by atoms with Crippen LogP contribution in [0.2, 0.25) is 5.02 Å². The van der Waals surface area contributed by atoms with Gasteiger partial charge in [0.25, 0.3) is 0 Å². The van der Waals surface area contributed by atoms with Crippen LogP contribution in [0.25, 0.3) is 11.0 Å². The van der Waals surface area contributed by atoms with Crippen molar-refractivity contribution < 1.29 is 9.53 Å². The molecule has 20 heavy (non-hydrogen) atoms. The number of allylic oxidation sites excluding steroid dienone is 1. The monoisotopic (exact) mass is 294 g/mol. The summed E-state index contributed by atoms with van der Waals surface area (Å²) in [6.07, 6.45) is 1.30. The van der Waals surface area contributed by atoms with E-state index in [0.29, 0.717) is 22.9 Å². The molecule has 7 heteroatoms. The van der Waals surface area contributed by atoms with Gasteiger partial charge in [-0.05, 0) is 19.1 Å². The van der Waals surface area contributed by atoms with Crippen molar-refractivity contribution in [2.75, 3.05) is 6.61 Å². The highest BCUT2D eigenvalue weighted by Gasteiger charge is 2.09. The predicted molar refractivity (Wildman–Crippen MR) is 77.4 cm³/mol. The van der Waals surface area contributed by atoms with E-state index in [1.807, 2.05) is 6.07 Å². The molecule has 0 amide bonds. The second-order valence-corrected chi connectivity index (χ2v) is 4.74. The molecule has 0 aliphatic carbocycles. The lowest BCUT2D eigenvalue weighted by Gasteiger charge is -2.07. The minimum atomic E-state index is -0.141.